The minimum absolute atomic E-state index is 0.0639. The number of esters is 1. The summed E-state index contributed by atoms with van der Waals surface area (Å²) in [5.74, 6) is -0.638. The number of carbonyl (C=O) groups excluding carboxylic acids is 1. The van der Waals surface area contributed by atoms with E-state index < -0.39 is 16.0 Å². The van der Waals surface area contributed by atoms with Gasteiger partial charge in [0.1, 0.15) is 0 Å². The lowest BCUT2D eigenvalue weighted by Gasteiger charge is -2.14. The second-order valence-corrected chi connectivity index (χ2v) is 7.17. The van der Waals surface area contributed by atoms with E-state index in [1.165, 1.54) is 31.4 Å². The highest BCUT2D eigenvalue weighted by atomic mass is 35.5. The number of para-hydroxylation sites is 1. The van der Waals surface area contributed by atoms with Crippen molar-refractivity contribution in [3.63, 3.8) is 0 Å². The Hall–Kier alpha value is -1.76. The average molecular weight is 374 g/mol. The van der Waals surface area contributed by atoms with Gasteiger partial charge in [0.25, 0.3) is 10.0 Å². The first kappa shape index (κ1) is 17.6. The number of methoxy groups -OCH3 is 1. The zero-order chi connectivity index (χ0) is 17.2. The maximum absolute atomic E-state index is 12.5. The van der Waals surface area contributed by atoms with Gasteiger partial charge >= 0.3 is 5.97 Å². The molecule has 8 heteroatoms. The maximum atomic E-state index is 12.5. The second kappa shape index (κ2) is 6.78. The normalized spacial score (nSPS) is 11.1. The first-order valence-electron chi connectivity index (χ1n) is 6.42. The van der Waals surface area contributed by atoms with Gasteiger partial charge in [0.2, 0.25) is 0 Å². The predicted octanol–water partition coefficient (Wildman–Crippen LogP) is 3.89. The molecule has 23 heavy (non-hydrogen) atoms. The molecule has 0 unspecified atom stereocenters. The summed E-state index contributed by atoms with van der Waals surface area (Å²) in [6.07, 6.45) is 0. The van der Waals surface area contributed by atoms with Crippen LogP contribution in [0.2, 0.25) is 10.0 Å². The van der Waals surface area contributed by atoms with Crippen LogP contribution < -0.4 is 4.72 Å². The van der Waals surface area contributed by atoms with E-state index >= 15 is 0 Å². The van der Waals surface area contributed by atoms with Crippen molar-refractivity contribution >= 4 is 44.9 Å². The SMILES string of the molecule is COC(=O)c1cccc(C)c1NS(=O)(=O)c1ccc(Cl)c(Cl)c1. The molecule has 0 aliphatic heterocycles. The Labute approximate surface area is 144 Å². The van der Waals surface area contributed by atoms with E-state index in [-0.39, 0.29) is 26.2 Å². The van der Waals surface area contributed by atoms with E-state index in [0.717, 1.165) is 0 Å². The van der Waals surface area contributed by atoms with Gasteiger partial charge in [-0.05, 0) is 36.8 Å². The smallest absolute Gasteiger partial charge is 0.340 e. The summed E-state index contributed by atoms with van der Waals surface area (Å²) in [6.45, 7) is 1.68. The molecule has 0 saturated carbocycles. The molecule has 1 N–H and O–H groups in total. The molecule has 0 aliphatic rings. The third-order valence-corrected chi connectivity index (χ3v) is 5.20. The van der Waals surface area contributed by atoms with Crippen molar-refractivity contribution in [3.05, 3.63) is 57.6 Å². The Bertz CT molecular complexity index is 866. The zero-order valence-electron chi connectivity index (χ0n) is 12.3. The van der Waals surface area contributed by atoms with Crippen molar-refractivity contribution < 1.29 is 17.9 Å². The molecule has 5 nitrogen and oxygen atoms in total. The molecule has 2 aromatic rings. The molecular formula is C15H13Cl2NO4S. The molecule has 0 saturated heterocycles. The number of halogens is 2. The third-order valence-electron chi connectivity index (χ3n) is 3.12. The number of ether oxygens (including phenoxy) is 1. The minimum atomic E-state index is -3.94. The van der Waals surface area contributed by atoms with Gasteiger partial charge in [-0.15, -0.1) is 0 Å². The molecule has 0 bridgehead atoms. The highest BCUT2D eigenvalue weighted by Crippen LogP contribution is 2.28. The largest absolute Gasteiger partial charge is 0.465 e. The van der Waals surface area contributed by atoms with Crippen LogP contribution in [0.15, 0.2) is 41.3 Å². The molecular weight excluding hydrogens is 361 g/mol. The van der Waals surface area contributed by atoms with E-state index in [1.807, 2.05) is 0 Å². The molecule has 0 radical (unpaired) electrons. The fraction of sp³-hybridized carbons (Fsp3) is 0.133. The fourth-order valence-corrected chi connectivity index (χ4v) is 3.46. The molecule has 0 atom stereocenters. The number of benzene rings is 2. The number of carbonyl (C=O) groups is 1. The highest BCUT2D eigenvalue weighted by molar-refractivity contribution is 7.92. The van der Waals surface area contributed by atoms with E-state index in [0.29, 0.717) is 5.56 Å². The van der Waals surface area contributed by atoms with Gasteiger partial charge in [-0.2, -0.15) is 0 Å². The monoisotopic (exact) mass is 373 g/mol. The Morgan fingerprint density at radius 1 is 1.13 bits per heavy atom. The summed E-state index contributed by atoms with van der Waals surface area (Å²) in [4.78, 5) is 11.7. The molecule has 0 amide bonds. The van der Waals surface area contributed by atoms with E-state index in [9.17, 15) is 13.2 Å². The Morgan fingerprint density at radius 2 is 1.83 bits per heavy atom. The number of sulfonamides is 1. The van der Waals surface area contributed by atoms with Crippen molar-refractivity contribution in [2.45, 2.75) is 11.8 Å². The molecule has 2 aromatic carbocycles. The second-order valence-electron chi connectivity index (χ2n) is 4.67. The lowest BCUT2D eigenvalue weighted by Crippen LogP contribution is -2.17. The maximum Gasteiger partial charge on any atom is 0.340 e. The summed E-state index contributed by atoms with van der Waals surface area (Å²) in [7, 11) is -2.72. The molecule has 0 spiro atoms. The van der Waals surface area contributed by atoms with Gasteiger partial charge in [-0.3, -0.25) is 4.72 Å². The third kappa shape index (κ3) is 3.77. The molecule has 0 aliphatic carbocycles. The predicted molar refractivity (Wildman–Crippen MR) is 89.8 cm³/mol. The number of hydrogen-bond donors (Lipinski definition) is 1. The van der Waals surface area contributed by atoms with E-state index in [2.05, 4.69) is 9.46 Å². The van der Waals surface area contributed by atoms with E-state index in [1.54, 1.807) is 19.1 Å². The Kier molecular flexibility index (Phi) is 5.19. The zero-order valence-corrected chi connectivity index (χ0v) is 14.6. The summed E-state index contributed by atoms with van der Waals surface area (Å²) >= 11 is 11.7. The quantitative estimate of drug-likeness (QED) is 0.825. The first-order chi connectivity index (χ1) is 10.8. The Morgan fingerprint density at radius 3 is 2.43 bits per heavy atom. The summed E-state index contributed by atoms with van der Waals surface area (Å²) in [5, 5.41) is 0.365. The number of hydrogen-bond acceptors (Lipinski definition) is 4. The van der Waals surface area contributed by atoms with Crippen LogP contribution in [0.25, 0.3) is 0 Å². The van der Waals surface area contributed by atoms with Crippen LogP contribution in [0.3, 0.4) is 0 Å². The minimum Gasteiger partial charge on any atom is -0.465 e. The lowest BCUT2D eigenvalue weighted by atomic mass is 10.1. The van der Waals surface area contributed by atoms with Crippen LogP contribution in [0.4, 0.5) is 5.69 Å². The van der Waals surface area contributed by atoms with Gasteiger partial charge in [0, 0.05) is 0 Å². The first-order valence-corrected chi connectivity index (χ1v) is 8.66. The van der Waals surface area contributed by atoms with Crippen LogP contribution in [-0.4, -0.2) is 21.5 Å². The molecule has 2 rings (SSSR count). The molecule has 0 aromatic heterocycles. The van der Waals surface area contributed by atoms with Crippen molar-refractivity contribution in [1.82, 2.24) is 0 Å². The number of rotatable bonds is 4. The van der Waals surface area contributed by atoms with Crippen LogP contribution in [-0.2, 0) is 14.8 Å². The van der Waals surface area contributed by atoms with E-state index in [4.69, 9.17) is 23.2 Å². The standard InChI is InChI=1S/C15H13Cl2NO4S/c1-9-4-3-5-11(15(19)22-2)14(9)18-23(20,21)10-6-7-12(16)13(17)8-10/h3-8,18H,1-2H3. The number of aryl methyl sites for hydroxylation is 1. The molecule has 0 heterocycles. The Balaban J connectivity index is 2.49. The van der Waals surface area contributed by atoms with Crippen LogP contribution in [0, 0.1) is 6.92 Å². The van der Waals surface area contributed by atoms with Crippen molar-refractivity contribution in [2.24, 2.45) is 0 Å². The summed E-state index contributed by atoms with van der Waals surface area (Å²) < 4.78 is 32.1. The molecule has 122 valence electrons. The van der Waals surface area contributed by atoms with Crippen LogP contribution in [0.1, 0.15) is 15.9 Å². The fourth-order valence-electron chi connectivity index (χ4n) is 1.92. The number of nitrogens with one attached hydrogen (secondary N) is 1. The van der Waals surface area contributed by atoms with Crippen LogP contribution >= 0.6 is 23.2 Å². The summed E-state index contributed by atoms with van der Waals surface area (Å²) in [6, 6.07) is 8.75. The summed E-state index contributed by atoms with van der Waals surface area (Å²) in [5.41, 5.74) is 0.859. The molecule has 0 fully saturated rings. The topological polar surface area (TPSA) is 72.5 Å². The highest BCUT2D eigenvalue weighted by Gasteiger charge is 2.21. The van der Waals surface area contributed by atoms with Crippen molar-refractivity contribution in [1.29, 1.82) is 0 Å². The van der Waals surface area contributed by atoms with Gasteiger partial charge in [0.05, 0.1) is 33.3 Å². The van der Waals surface area contributed by atoms with Gasteiger partial charge < -0.3 is 4.74 Å². The van der Waals surface area contributed by atoms with Crippen molar-refractivity contribution in [3.8, 4) is 0 Å². The van der Waals surface area contributed by atoms with Gasteiger partial charge in [0.15, 0.2) is 0 Å². The van der Waals surface area contributed by atoms with Gasteiger partial charge in [-0.1, -0.05) is 35.3 Å². The average Bonchev–Trinajstić information content (AvgIpc) is 2.51. The number of anilines is 1. The lowest BCUT2D eigenvalue weighted by molar-refractivity contribution is 0.0602. The van der Waals surface area contributed by atoms with Gasteiger partial charge in [-0.25, -0.2) is 13.2 Å². The van der Waals surface area contributed by atoms with Crippen LogP contribution in [0.5, 0.6) is 0 Å². The van der Waals surface area contributed by atoms with Crippen molar-refractivity contribution in [2.75, 3.05) is 11.8 Å².